The molecule has 0 aromatic carbocycles. The lowest BCUT2D eigenvalue weighted by molar-refractivity contribution is -0.303. The van der Waals surface area contributed by atoms with E-state index in [-0.39, 0.29) is 0 Å². The molecule has 0 unspecified atom stereocenters. The smallest absolute Gasteiger partial charge is 0.379 e. The number of ether oxygens (including phenoxy) is 1. The molecule has 0 N–H and O–H groups in total. The molecule has 2 nitrogen and oxygen atoms in total. The monoisotopic (exact) mass is 298 g/mol. The summed E-state index contributed by atoms with van der Waals surface area (Å²) in [7, 11) is 0.565. The van der Waals surface area contributed by atoms with Gasteiger partial charge in [-0.2, -0.15) is 35.1 Å². The predicted octanol–water partition coefficient (Wildman–Crippen LogP) is 2.89. The molecule has 10 heteroatoms. The summed E-state index contributed by atoms with van der Waals surface area (Å²) in [5, 5.41) is 0. The van der Waals surface area contributed by atoms with Crippen LogP contribution in [0.4, 0.5) is 35.1 Å². The first kappa shape index (κ1) is 15.7. The zero-order valence-electron chi connectivity index (χ0n) is 9.12. The van der Waals surface area contributed by atoms with Crippen LogP contribution in [-0.4, -0.2) is 36.8 Å². The highest BCUT2D eigenvalue weighted by atomic mass is 19.4. The topological polar surface area (TPSA) is 26.3 Å². The highest BCUT2D eigenvalue weighted by Crippen LogP contribution is 2.67. The Morgan fingerprint density at radius 1 is 0.947 bits per heavy atom. The fourth-order valence-corrected chi connectivity index (χ4v) is 1.70. The van der Waals surface area contributed by atoms with Crippen molar-refractivity contribution in [2.75, 3.05) is 7.11 Å². The van der Waals surface area contributed by atoms with Crippen LogP contribution in [0.2, 0.25) is 0 Å². The second-order valence-corrected chi connectivity index (χ2v) is 3.84. The van der Waals surface area contributed by atoms with Crippen LogP contribution < -0.4 is 0 Å². The first-order valence-corrected chi connectivity index (χ1v) is 4.55. The third-order valence-corrected chi connectivity index (χ3v) is 2.75. The van der Waals surface area contributed by atoms with Gasteiger partial charge in [0.2, 0.25) is 0 Å². The Balaban J connectivity index is 3.48. The second kappa shape index (κ2) is 3.83. The first-order valence-electron chi connectivity index (χ1n) is 4.55. The molecule has 110 valence electrons. The van der Waals surface area contributed by atoms with Crippen molar-refractivity contribution in [3.05, 3.63) is 12.2 Å². The first-order chi connectivity index (χ1) is 8.26. The van der Waals surface area contributed by atoms with Crippen molar-refractivity contribution in [3.63, 3.8) is 0 Å². The van der Waals surface area contributed by atoms with Crippen LogP contribution in [0.5, 0.6) is 0 Å². The van der Waals surface area contributed by atoms with Crippen LogP contribution in [0.25, 0.3) is 0 Å². The number of hydrogen-bond acceptors (Lipinski definition) is 2. The van der Waals surface area contributed by atoms with E-state index < -0.39 is 41.2 Å². The van der Waals surface area contributed by atoms with Crippen LogP contribution in [-0.2, 0) is 9.53 Å². The van der Waals surface area contributed by atoms with Gasteiger partial charge in [-0.15, -0.1) is 0 Å². The number of hydrogen-bond donors (Lipinski definition) is 0. The molecular formula is C9H6F8O2. The minimum absolute atomic E-state index is 0.565. The predicted molar refractivity (Wildman–Crippen MR) is 44.4 cm³/mol. The number of rotatable bonds is 2. The van der Waals surface area contributed by atoms with E-state index in [1.165, 1.54) is 0 Å². The van der Waals surface area contributed by atoms with Gasteiger partial charge in [0.25, 0.3) is 0 Å². The maximum atomic E-state index is 13.1. The Bertz CT molecular complexity index is 402. The standard InChI is InChI=1S/C9H6F8O2/c1-3(5(18)19-2)4-6(10,11)8(14,15)9(16,17)7(4,12)13/h4H,1H2,2H3. The average molecular weight is 298 g/mol. The van der Waals surface area contributed by atoms with Crippen LogP contribution in [0, 0.1) is 5.92 Å². The highest BCUT2D eigenvalue weighted by molar-refractivity contribution is 5.89. The summed E-state index contributed by atoms with van der Waals surface area (Å²) in [6.45, 7) is 2.43. The van der Waals surface area contributed by atoms with E-state index >= 15 is 0 Å². The van der Waals surface area contributed by atoms with Gasteiger partial charge < -0.3 is 4.74 Å². The van der Waals surface area contributed by atoms with E-state index in [2.05, 4.69) is 11.3 Å². The lowest BCUT2D eigenvalue weighted by Gasteiger charge is -2.23. The molecule has 0 atom stereocenters. The summed E-state index contributed by atoms with van der Waals surface area (Å²) in [6, 6.07) is 0. The van der Waals surface area contributed by atoms with Crippen molar-refractivity contribution in [2.24, 2.45) is 5.92 Å². The number of carbonyl (C=O) groups is 1. The van der Waals surface area contributed by atoms with E-state index in [0.29, 0.717) is 7.11 Å². The summed E-state index contributed by atoms with van der Waals surface area (Å²) < 4.78 is 108. The van der Waals surface area contributed by atoms with Gasteiger partial charge in [0.1, 0.15) is 5.92 Å². The van der Waals surface area contributed by atoms with Crippen molar-refractivity contribution < 1.29 is 44.7 Å². The summed E-state index contributed by atoms with van der Waals surface area (Å²) in [6.07, 6.45) is 0. The van der Waals surface area contributed by atoms with Gasteiger partial charge in [0.05, 0.1) is 7.11 Å². The molecule has 1 rings (SSSR count). The van der Waals surface area contributed by atoms with Gasteiger partial charge in [-0.3, -0.25) is 0 Å². The Morgan fingerprint density at radius 3 is 1.53 bits per heavy atom. The largest absolute Gasteiger partial charge is 0.466 e. The molecule has 0 heterocycles. The molecule has 0 aliphatic heterocycles. The zero-order valence-corrected chi connectivity index (χ0v) is 9.12. The molecule has 1 fully saturated rings. The molecule has 0 saturated heterocycles. The van der Waals surface area contributed by atoms with Gasteiger partial charge in [-0.05, 0) is 0 Å². The van der Waals surface area contributed by atoms with E-state index in [1.54, 1.807) is 0 Å². The fourth-order valence-electron chi connectivity index (χ4n) is 1.70. The average Bonchev–Trinajstić information content (AvgIpc) is 2.32. The second-order valence-electron chi connectivity index (χ2n) is 3.84. The van der Waals surface area contributed by atoms with Gasteiger partial charge in [-0.1, -0.05) is 6.58 Å². The molecule has 0 aromatic rings. The Kier molecular flexibility index (Phi) is 3.16. The lowest BCUT2D eigenvalue weighted by Crippen LogP contribution is -2.51. The molecule has 1 saturated carbocycles. The number of halogens is 8. The van der Waals surface area contributed by atoms with Crippen LogP contribution in [0.3, 0.4) is 0 Å². The molecule has 0 bridgehead atoms. The van der Waals surface area contributed by atoms with Crippen LogP contribution >= 0.6 is 0 Å². The van der Waals surface area contributed by atoms with E-state index in [0.717, 1.165) is 0 Å². The van der Waals surface area contributed by atoms with Crippen molar-refractivity contribution >= 4 is 5.97 Å². The van der Waals surface area contributed by atoms with E-state index in [1.807, 2.05) is 0 Å². The maximum absolute atomic E-state index is 13.1. The number of alkyl halides is 8. The third-order valence-electron chi connectivity index (χ3n) is 2.75. The SMILES string of the molecule is C=C(C(=O)OC)C1C(F)(F)C(F)(F)C(F)(F)C1(F)F. The minimum Gasteiger partial charge on any atom is -0.466 e. The minimum atomic E-state index is -6.33. The quantitative estimate of drug-likeness (QED) is 0.445. The number of esters is 1. The van der Waals surface area contributed by atoms with Crippen LogP contribution in [0.15, 0.2) is 12.2 Å². The third kappa shape index (κ3) is 1.57. The molecular weight excluding hydrogens is 292 g/mol. The van der Waals surface area contributed by atoms with Gasteiger partial charge in [-0.25, -0.2) is 4.79 Å². The molecule has 0 amide bonds. The fraction of sp³-hybridized carbons (Fsp3) is 0.667. The summed E-state index contributed by atoms with van der Waals surface area (Å²) in [4.78, 5) is 10.8. The van der Waals surface area contributed by atoms with Gasteiger partial charge in [0.15, 0.2) is 0 Å². The number of carbonyl (C=O) groups excluding carboxylic acids is 1. The van der Waals surface area contributed by atoms with E-state index in [9.17, 15) is 39.9 Å². The number of methoxy groups -OCH3 is 1. The molecule has 1 aliphatic rings. The van der Waals surface area contributed by atoms with Crippen LogP contribution in [0.1, 0.15) is 0 Å². The zero-order chi connectivity index (χ0) is 15.4. The molecule has 0 aromatic heterocycles. The Hall–Kier alpha value is -1.35. The van der Waals surface area contributed by atoms with Crippen molar-refractivity contribution in [2.45, 2.75) is 23.7 Å². The summed E-state index contributed by atoms with van der Waals surface area (Å²) in [5.41, 5.74) is -1.85. The van der Waals surface area contributed by atoms with Crippen molar-refractivity contribution in [1.82, 2.24) is 0 Å². The molecule has 0 radical (unpaired) electrons. The summed E-state index contributed by atoms with van der Waals surface area (Å²) in [5.74, 6) is -30.3. The highest BCUT2D eigenvalue weighted by Gasteiger charge is 2.93. The summed E-state index contributed by atoms with van der Waals surface area (Å²) >= 11 is 0. The Morgan fingerprint density at radius 2 is 1.26 bits per heavy atom. The van der Waals surface area contributed by atoms with Gasteiger partial charge >= 0.3 is 29.7 Å². The normalized spacial score (nSPS) is 27.0. The van der Waals surface area contributed by atoms with Crippen molar-refractivity contribution in [1.29, 1.82) is 0 Å². The lowest BCUT2D eigenvalue weighted by atomic mass is 9.93. The maximum Gasteiger partial charge on any atom is 0.379 e. The molecule has 19 heavy (non-hydrogen) atoms. The Labute approximate surface area is 101 Å². The molecule has 1 aliphatic carbocycles. The van der Waals surface area contributed by atoms with Gasteiger partial charge in [0, 0.05) is 5.57 Å². The van der Waals surface area contributed by atoms with Crippen molar-refractivity contribution in [3.8, 4) is 0 Å². The molecule has 0 spiro atoms. The van der Waals surface area contributed by atoms with E-state index in [4.69, 9.17) is 0 Å².